The van der Waals surface area contributed by atoms with E-state index < -0.39 is 11.3 Å². The lowest BCUT2D eigenvalue weighted by atomic mass is 9.73. The Balaban J connectivity index is 1.51. The van der Waals surface area contributed by atoms with E-state index in [4.69, 9.17) is 27.9 Å². The second-order valence-corrected chi connectivity index (χ2v) is 12.2. The van der Waals surface area contributed by atoms with E-state index in [1.807, 2.05) is 52.5 Å². The van der Waals surface area contributed by atoms with Crippen LogP contribution in [-0.2, 0) is 4.74 Å². The molecule has 196 valence electrons. The first-order valence-corrected chi connectivity index (χ1v) is 13.0. The molecular weight excluding hydrogens is 515 g/mol. The van der Waals surface area contributed by atoms with Crippen molar-refractivity contribution in [2.24, 2.45) is 5.41 Å². The molecule has 3 aromatic rings. The molecule has 2 fully saturated rings. The average Bonchev–Trinajstić information content (AvgIpc) is 2.72. The van der Waals surface area contributed by atoms with Crippen LogP contribution in [-0.4, -0.2) is 62.3 Å². The van der Waals surface area contributed by atoms with E-state index in [1.54, 1.807) is 17.2 Å². The van der Waals surface area contributed by atoms with Gasteiger partial charge in [-0.25, -0.2) is 19.1 Å². The van der Waals surface area contributed by atoms with E-state index in [9.17, 15) is 9.59 Å². The number of anilines is 1. The first-order chi connectivity index (χ1) is 17.3. The van der Waals surface area contributed by atoms with Crippen LogP contribution in [0.4, 0.5) is 10.6 Å². The molecule has 0 aromatic carbocycles. The molecule has 5 rings (SSSR count). The summed E-state index contributed by atoms with van der Waals surface area (Å²) >= 11 is 12.7. The van der Waals surface area contributed by atoms with Gasteiger partial charge in [-0.05, 0) is 51.3 Å². The van der Waals surface area contributed by atoms with E-state index in [-0.39, 0.29) is 27.6 Å². The normalized spacial score (nSPS) is 16.8. The predicted molar refractivity (Wildman–Crippen MR) is 144 cm³/mol. The fourth-order valence-corrected chi connectivity index (χ4v) is 5.43. The number of aryl methyl sites for hydroxylation is 1. The van der Waals surface area contributed by atoms with Gasteiger partial charge in [-0.2, -0.15) is 4.98 Å². The molecular formula is C26H30Cl2N6O3. The molecule has 5 heterocycles. The fourth-order valence-electron chi connectivity index (χ4n) is 5.14. The Labute approximate surface area is 225 Å². The summed E-state index contributed by atoms with van der Waals surface area (Å²) in [4.78, 5) is 43.2. The van der Waals surface area contributed by atoms with E-state index >= 15 is 0 Å². The van der Waals surface area contributed by atoms with Crippen molar-refractivity contribution in [1.82, 2.24) is 24.4 Å². The molecule has 0 aliphatic carbocycles. The van der Waals surface area contributed by atoms with E-state index in [0.29, 0.717) is 48.7 Å². The van der Waals surface area contributed by atoms with Gasteiger partial charge in [0.25, 0.3) is 0 Å². The van der Waals surface area contributed by atoms with Crippen LogP contribution in [0, 0.1) is 12.3 Å². The van der Waals surface area contributed by atoms with E-state index in [2.05, 4.69) is 15.0 Å². The van der Waals surface area contributed by atoms with Crippen LogP contribution in [0.5, 0.6) is 0 Å². The molecule has 9 nitrogen and oxygen atoms in total. The number of pyridine rings is 2. The molecule has 0 bridgehead atoms. The molecule has 11 heteroatoms. The molecule has 0 unspecified atom stereocenters. The van der Waals surface area contributed by atoms with Gasteiger partial charge in [0.05, 0.1) is 21.8 Å². The van der Waals surface area contributed by atoms with Crippen molar-refractivity contribution in [2.45, 2.75) is 53.1 Å². The first kappa shape index (κ1) is 25.7. The number of rotatable bonds is 3. The Bertz CT molecular complexity index is 1470. The molecule has 37 heavy (non-hydrogen) atoms. The number of amides is 1. The molecule has 1 spiro atoms. The third-order valence-electron chi connectivity index (χ3n) is 6.74. The monoisotopic (exact) mass is 544 g/mol. The molecule has 2 aliphatic heterocycles. The smallest absolute Gasteiger partial charge is 0.410 e. The van der Waals surface area contributed by atoms with Crippen LogP contribution in [0.3, 0.4) is 0 Å². The molecule has 0 radical (unpaired) electrons. The highest BCUT2D eigenvalue weighted by molar-refractivity contribution is 6.41. The zero-order chi connectivity index (χ0) is 26.9. The second kappa shape index (κ2) is 8.84. The van der Waals surface area contributed by atoms with E-state index in [1.165, 1.54) is 4.57 Å². The number of likely N-dealkylation sites (tertiary alicyclic amines) is 1. The lowest BCUT2D eigenvalue weighted by Crippen LogP contribution is -2.73. The third-order valence-corrected chi connectivity index (χ3v) is 7.41. The topological polar surface area (TPSA) is 93.5 Å². The van der Waals surface area contributed by atoms with Crippen molar-refractivity contribution < 1.29 is 9.53 Å². The average molecular weight is 545 g/mol. The summed E-state index contributed by atoms with van der Waals surface area (Å²) in [5, 5.41) is 1.02. The third kappa shape index (κ3) is 4.52. The molecule has 3 aromatic heterocycles. The van der Waals surface area contributed by atoms with Gasteiger partial charge in [0.1, 0.15) is 16.6 Å². The summed E-state index contributed by atoms with van der Waals surface area (Å²) in [5.41, 5.74) is 1.64. The largest absolute Gasteiger partial charge is 0.444 e. The van der Waals surface area contributed by atoms with Gasteiger partial charge in [0.15, 0.2) is 5.65 Å². The summed E-state index contributed by atoms with van der Waals surface area (Å²) < 4.78 is 6.97. The lowest BCUT2D eigenvalue weighted by molar-refractivity contribution is -0.0454. The number of carbonyl (C=O) groups is 1. The van der Waals surface area contributed by atoms with Crippen molar-refractivity contribution in [1.29, 1.82) is 0 Å². The highest BCUT2D eigenvalue weighted by Crippen LogP contribution is 2.43. The van der Waals surface area contributed by atoms with Crippen LogP contribution in [0.25, 0.3) is 16.7 Å². The number of hydrogen-bond donors (Lipinski definition) is 0. The Hall–Kier alpha value is -2.91. The van der Waals surface area contributed by atoms with Crippen LogP contribution in [0.1, 0.15) is 51.8 Å². The quantitative estimate of drug-likeness (QED) is 0.429. The van der Waals surface area contributed by atoms with Crippen LogP contribution in [0.15, 0.2) is 23.1 Å². The van der Waals surface area contributed by atoms with Crippen LogP contribution >= 0.6 is 23.2 Å². The summed E-state index contributed by atoms with van der Waals surface area (Å²) in [6.07, 6.45) is 1.43. The Morgan fingerprint density at radius 3 is 2.43 bits per heavy atom. The fraction of sp³-hybridized carbons (Fsp3) is 0.500. The van der Waals surface area contributed by atoms with Crippen molar-refractivity contribution in [3.63, 3.8) is 0 Å². The maximum atomic E-state index is 13.6. The minimum atomic E-state index is -0.534. The number of halogens is 2. The highest BCUT2D eigenvalue weighted by Gasteiger charge is 2.54. The molecule has 0 saturated carbocycles. The standard InChI is InChI=1S/C26H30Cl2N6O3/c1-14(2)18-19(15(3)7-8-29-18)34-22-16(9-17(27)20(28)30-22)21(31-23(34)35)32-10-26(11-32)12-33(13-26)24(36)37-25(4,5)6/h7-9,14H,10-13H2,1-6H3. The number of aromatic nitrogens is 4. The maximum Gasteiger partial charge on any atom is 0.410 e. The maximum absolute atomic E-state index is 13.6. The Morgan fingerprint density at radius 2 is 1.81 bits per heavy atom. The van der Waals surface area contributed by atoms with Crippen molar-refractivity contribution in [3.05, 3.63) is 50.2 Å². The second-order valence-electron chi connectivity index (χ2n) is 11.4. The molecule has 0 atom stereocenters. The van der Waals surface area contributed by atoms with Gasteiger partial charge in [-0.15, -0.1) is 0 Å². The van der Waals surface area contributed by atoms with Gasteiger partial charge in [-0.3, -0.25) is 4.98 Å². The zero-order valence-electron chi connectivity index (χ0n) is 21.8. The van der Waals surface area contributed by atoms with Gasteiger partial charge in [0.2, 0.25) is 0 Å². The summed E-state index contributed by atoms with van der Waals surface area (Å²) in [6.45, 7) is 14.1. The zero-order valence-corrected chi connectivity index (χ0v) is 23.3. The molecule has 2 saturated heterocycles. The minimum absolute atomic E-state index is 0.0475. The van der Waals surface area contributed by atoms with E-state index in [0.717, 1.165) is 11.3 Å². The Kier molecular flexibility index (Phi) is 6.15. The van der Waals surface area contributed by atoms with Gasteiger partial charge < -0.3 is 14.5 Å². The molecule has 2 aliphatic rings. The SMILES string of the molecule is Cc1ccnc(C(C)C)c1-n1c(=O)nc(N2CC3(CN(C(=O)OC(C)(C)C)C3)C2)c2cc(Cl)c(Cl)nc21. The summed E-state index contributed by atoms with van der Waals surface area (Å²) in [6, 6.07) is 3.57. The number of carbonyl (C=O) groups excluding carboxylic acids is 1. The van der Waals surface area contributed by atoms with Crippen molar-refractivity contribution in [2.75, 3.05) is 31.1 Å². The van der Waals surface area contributed by atoms with Crippen molar-refractivity contribution in [3.8, 4) is 5.69 Å². The van der Waals surface area contributed by atoms with Crippen molar-refractivity contribution >= 4 is 46.1 Å². The summed E-state index contributed by atoms with van der Waals surface area (Å²) in [5.74, 6) is 0.581. The van der Waals surface area contributed by atoms with Crippen LogP contribution < -0.4 is 10.6 Å². The van der Waals surface area contributed by atoms with Crippen LogP contribution in [0.2, 0.25) is 10.2 Å². The minimum Gasteiger partial charge on any atom is -0.444 e. The molecule has 0 N–H and O–H groups in total. The lowest BCUT2D eigenvalue weighted by Gasteiger charge is -2.60. The molecule has 1 amide bonds. The predicted octanol–water partition coefficient (Wildman–Crippen LogP) is 4.97. The number of nitrogens with zero attached hydrogens (tertiary/aromatic N) is 6. The Morgan fingerprint density at radius 1 is 1.14 bits per heavy atom. The first-order valence-electron chi connectivity index (χ1n) is 12.3. The summed E-state index contributed by atoms with van der Waals surface area (Å²) in [7, 11) is 0. The number of fused-ring (bicyclic) bond motifs is 1. The van der Waals surface area contributed by atoms with Gasteiger partial charge in [0, 0.05) is 37.8 Å². The van der Waals surface area contributed by atoms with Gasteiger partial charge in [-0.1, -0.05) is 37.0 Å². The van der Waals surface area contributed by atoms with Gasteiger partial charge >= 0.3 is 11.8 Å². The number of ether oxygens (including phenoxy) is 1. The highest BCUT2D eigenvalue weighted by atomic mass is 35.5. The number of hydrogen-bond acceptors (Lipinski definition) is 7.